The monoisotopic (exact) mass is 408 g/mol. The standard InChI is InChI=1S/C27H28N4/c1-19-15-21(17-22(16-19)30-25-12-6-4-10-23(25)28)18-29-26-13-7-8-14-27(26)31-24-11-5-3-9-20(24)2/h4,6-8,10,12-17,29-31H,3,9,18,28H2,1-2H3. The third-order valence-corrected chi connectivity index (χ3v) is 5.31. The molecule has 0 spiro atoms. The van der Waals surface area contributed by atoms with E-state index < -0.39 is 0 Å². The zero-order valence-corrected chi connectivity index (χ0v) is 18.0. The van der Waals surface area contributed by atoms with E-state index in [1.54, 1.807) is 0 Å². The van der Waals surface area contributed by atoms with E-state index in [1.807, 2.05) is 36.4 Å². The number of hydrogen-bond acceptors (Lipinski definition) is 4. The Morgan fingerprint density at radius 1 is 0.871 bits per heavy atom. The number of nitrogens with one attached hydrogen (secondary N) is 3. The van der Waals surface area contributed by atoms with E-state index in [4.69, 9.17) is 5.73 Å². The number of anilines is 5. The summed E-state index contributed by atoms with van der Waals surface area (Å²) in [5.74, 6) is 6.43. The molecule has 4 heteroatoms. The minimum Gasteiger partial charge on any atom is -0.397 e. The lowest BCUT2D eigenvalue weighted by Crippen LogP contribution is -2.07. The molecular formula is C27H28N4. The summed E-state index contributed by atoms with van der Waals surface area (Å²) in [4.78, 5) is 0. The Bertz CT molecular complexity index is 1180. The molecule has 4 rings (SSSR count). The van der Waals surface area contributed by atoms with Crippen LogP contribution in [0.15, 0.2) is 78.0 Å². The molecule has 0 heterocycles. The quantitative estimate of drug-likeness (QED) is 0.269. The summed E-state index contributed by atoms with van der Waals surface area (Å²) in [6.07, 6.45) is 1.96. The highest BCUT2D eigenvalue weighted by molar-refractivity contribution is 5.74. The highest BCUT2D eigenvalue weighted by atomic mass is 15.0. The molecule has 0 radical (unpaired) electrons. The van der Waals surface area contributed by atoms with Crippen LogP contribution in [0.5, 0.6) is 0 Å². The van der Waals surface area contributed by atoms with Crippen LogP contribution >= 0.6 is 0 Å². The summed E-state index contributed by atoms with van der Waals surface area (Å²) in [5, 5.41) is 10.5. The maximum absolute atomic E-state index is 6.09. The van der Waals surface area contributed by atoms with Crippen LogP contribution in [0.1, 0.15) is 30.9 Å². The molecule has 156 valence electrons. The Morgan fingerprint density at radius 2 is 1.61 bits per heavy atom. The first-order chi connectivity index (χ1) is 15.1. The van der Waals surface area contributed by atoms with Gasteiger partial charge in [-0.2, -0.15) is 0 Å². The maximum atomic E-state index is 6.09. The van der Waals surface area contributed by atoms with Gasteiger partial charge in [-0.05, 0) is 79.3 Å². The van der Waals surface area contributed by atoms with Gasteiger partial charge >= 0.3 is 0 Å². The van der Waals surface area contributed by atoms with E-state index >= 15 is 0 Å². The number of nitrogen functional groups attached to an aromatic ring is 1. The van der Waals surface area contributed by atoms with Gasteiger partial charge in [0.25, 0.3) is 0 Å². The first-order valence-electron chi connectivity index (χ1n) is 10.6. The third-order valence-electron chi connectivity index (χ3n) is 5.31. The van der Waals surface area contributed by atoms with Crippen LogP contribution in [0.25, 0.3) is 0 Å². The second-order valence-electron chi connectivity index (χ2n) is 7.90. The second kappa shape index (κ2) is 9.32. The third kappa shape index (κ3) is 5.21. The van der Waals surface area contributed by atoms with Gasteiger partial charge in [-0.1, -0.05) is 36.3 Å². The smallest absolute Gasteiger partial charge is 0.0887 e. The molecule has 0 atom stereocenters. The number of allylic oxidation sites excluding steroid dienone is 2. The topological polar surface area (TPSA) is 62.1 Å². The number of benzene rings is 3. The van der Waals surface area contributed by atoms with Gasteiger partial charge < -0.3 is 21.7 Å². The fourth-order valence-corrected chi connectivity index (χ4v) is 3.65. The van der Waals surface area contributed by atoms with Gasteiger partial charge in [0.15, 0.2) is 0 Å². The normalized spacial score (nSPS) is 12.7. The van der Waals surface area contributed by atoms with Crippen LogP contribution in [-0.4, -0.2) is 0 Å². The average Bonchev–Trinajstić information content (AvgIpc) is 2.76. The van der Waals surface area contributed by atoms with E-state index in [0.29, 0.717) is 6.54 Å². The van der Waals surface area contributed by atoms with Crippen molar-refractivity contribution < 1.29 is 0 Å². The fraction of sp³-hybridized carbons (Fsp3) is 0.185. The Hall–Kier alpha value is -3.84. The minimum absolute atomic E-state index is 0.711. The lowest BCUT2D eigenvalue weighted by Gasteiger charge is -2.17. The lowest BCUT2D eigenvalue weighted by atomic mass is 10.1. The van der Waals surface area contributed by atoms with Gasteiger partial charge in [0.2, 0.25) is 0 Å². The van der Waals surface area contributed by atoms with Crippen LogP contribution in [0.2, 0.25) is 0 Å². The van der Waals surface area contributed by atoms with Crippen molar-refractivity contribution in [2.75, 3.05) is 21.7 Å². The molecule has 31 heavy (non-hydrogen) atoms. The number of rotatable bonds is 7. The highest BCUT2D eigenvalue weighted by Crippen LogP contribution is 2.27. The molecule has 0 fully saturated rings. The Labute approximate surface area is 184 Å². The van der Waals surface area contributed by atoms with E-state index in [0.717, 1.165) is 47.0 Å². The van der Waals surface area contributed by atoms with Crippen molar-refractivity contribution >= 4 is 28.4 Å². The van der Waals surface area contributed by atoms with E-state index in [9.17, 15) is 0 Å². The molecule has 0 amide bonds. The van der Waals surface area contributed by atoms with Crippen molar-refractivity contribution in [1.29, 1.82) is 0 Å². The number of aryl methyl sites for hydroxylation is 1. The molecule has 0 bridgehead atoms. The van der Waals surface area contributed by atoms with Crippen LogP contribution in [-0.2, 0) is 6.54 Å². The minimum atomic E-state index is 0.711. The van der Waals surface area contributed by atoms with Gasteiger partial charge in [0.1, 0.15) is 0 Å². The fourth-order valence-electron chi connectivity index (χ4n) is 3.65. The molecule has 0 saturated heterocycles. The summed E-state index contributed by atoms with van der Waals surface area (Å²) in [6, 6.07) is 22.5. The van der Waals surface area contributed by atoms with Crippen LogP contribution in [0.4, 0.5) is 28.4 Å². The van der Waals surface area contributed by atoms with Crippen molar-refractivity contribution in [3.8, 4) is 11.8 Å². The Morgan fingerprint density at radius 3 is 2.39 bits per heavy atom. The van der Waals surface area contributed by atoms with Gasteiger partial charge in [-0.3, -0.25) is 0 Å². The Balaban J connectivity index is 1.50. The summed E-state index contributed by atoms with van der Waals surface area (Å²) < 4.78 is 0. The van der Waals surface area contributed by atoms with E-state index in [1.165, 1.54) is 16.7 Å². The molecule has 3 aromatic rings. The molecule has 1 aliphatic carbocycles. The van der Waals surface area contributed by atoms with Crippen molar-refractivity contribution in [2.45, 2.75) is 33.2 Å². The summed E-state index contributed by atoms with van der Waals surface area (Å²) in [5.41, 5.74) is 15.6. The van der Waals surface area contributed by atoms with Crippen molar-refractivity contribution in [1.82, 2.24) is 0 Å². The molecule has 5 N–H and O–H groups in total. The first-order valence-corrected chi connectivity index (χ1v) is 10.6. The van der Waals surface area contributed by atoms with Crippen molar-refractivity contribution in [3.05, 3.63) is 89.1 Å². The number of nitrogens with two attached hydrogens (primary N) is 1. The molecule has 1 aliphatic rings. The van der Waals surface area contributed by atoms with Gasteiger partial charge in [-0.15, -0.1) is 0 Å². The zero-order valence-electron chi connectivity index (χ0n) is 18.0. The lowest BCUT2D eigenvalue weighted by molar-refractivity contribution is 0.974. The molecule has 3 aromatic carbocycles. The highest BCUT2D eigenvalue weighted by Gasteiger charge is 2.08. The van der Waals surface area contributed by atoms with Crippen molar-refractivity contribution in [2.24, 2.45) is 0 Å². The Kier molecular flexibility index (Phi) is 6.14. The second-order valence-corrected chi connectivity index (χ2v) is 7.90. The van der Waals surface area contributed by atoms with Gasteiger partial charge in [0, 0.05) is 18.7 Å². The van der Waals surface area contributed by atoms with Crippen LogP contribution < -0.4 is 21.7 Å². The molecular weight excluding hydrogens is 380 g/mol. The average molecular weight is 409 g/mol. The van der Waals surface area contributed by atoms with E-state index in [-0.39, 0.29) is 0 Å². The summed E-state index contributed by atoms with van der Waals surface area (Å²) in [6.45, 7) is 4.96. The first kappa shape index (κ1) is 20.4. The number of hydrogen-bond donors (Lipinski definition) is 4. The molecule has 0 aromatic heterocycles. The SMILES string of the molecule is CC1=C(Nc2ccccc2NCc2cc(C)cc(Nc3ccccc3N)c2)C#CCC1. The zero-order chi connectivity index (χ0) is 21.6. The summed E-state index contributed by atoms with van der Waals surface area (Å²) in [7, 11) is 0. The summed E-state index contributed by atoms with van der Waals surface area (Å²) >= 11 is 0. The van der Waals surface area contributed by atoms with Crippen molar-refractivity contribution in [3.63, 3.8) is 0 Å². The van der Waals surface area contributed by atoms with Gasteiger partial charge in [0.05, 0.1) is 28.4 Å². The maximum Gasteiger partial charge on any atom is 0.0887 e. The predicted molar refractivity (Wildman–Crippen MR) is 132 cm³/mol. The molecule has 4 nitrogen and oxygen atoms in total. The number of para-hydroxylation sites is 4. The largest absolute Gasteiger partial charge is 0.397 e. The van der Waals surface area contributed by atoms with Crippen LogP contribution in [0.3, 0.4) is 0 Å². The molecule has 0 aliphatic heterocycles. The van der Waals surface area contributed by atoms with Crippen LogP contribution in [0, 0.1) is 18.8 Å². The van der Waals surface area contributed by atoms with Gasteiger partial charge in [-0.25, -0.2) is 0 Å². The molecule has 0 unspecified atom stereocenters. The molecule has 0 saturated carbocycles. The van der Waals surface area contributed by atoms with E-state index in [2.05, 4.69) is 72.0 Å². The predicted octanol–water partition coefficient (Wildman–Crippen LogP) is 6.42.